The normalized spacial score (nSPS) is 14.8. The molecule has 0 radical (unpaired) electrons. The fraction of sp³-hybridized carbons (Fsp3) is 0.292. The van der Waals surface area contributed by atoms with Crippen molar-refractivity contribution in [2.24, 2.45) is 5.92 Å². The number of carbonyl (C=O) groups excluding carboxylic acids is 2. The smallest absolute Gasteiger partial charge is 0.266 e. The van der Waals surface area contributed by atoms with Crippen LogP contribution in [0.5, 0.6) is 0 Å². The molecule has 0 spiro atoms. The van der Waals surface area contributed by atoms with Gasteiger partial charge in [-0.25, -0.2) is 0 Å². The number of piperidine rings is 1. The molecule has 2 N–H and O–H groups in total. The first kappa shape index (κ1) is 21.1. The second kappa shape index (κ2) is 9.75. The highest BCUT2D eigenvalue weighted by atomic mass is 16.2. The molecule has 0 bridgehead atoms. The second-order valence-electron chi connectivity index (χ2n) is 7.56. The van der Waals surface area contributed by atoms with E-state index in [1.165, 1.54) is 23.6 Å². The van der Waals surface area contributed by atoms with E-state index in [1.54, 1.807) is 29.2 Å². The minimum atomic E-state index is -0.336. The molecule has 154 valence electrons. The SMILES string of the molecule is CC(=O)N(/C=C(/C#N)C(=O)N1CCC(Cc2ccccc2)CC1)c1ccc(N)cc1. The third-order valence-corrected chi connectivity index (χ3v) is 5.39. The number of nitrogens with zero attached hydrogens (tertiary/aromatic N) is 3. The largest absolute Gasteiger partial charge is 0.399 e. The third kappa shape index (κ3) is 5.26. The second-order valence-corrected chi connectivity index (χ2v) is 7.56. The molecular weight excluding hydrogens is 376 g/mol. The van der Waals surface area contributed by atoms with E-state index in [1.807, 2.05) is 24.3 Å². The Labute approximate surface area is 177 Å². The number of nitriles is 1. The third-order valence-electron chi connectivity index (χ3n) is 5.39. The summed E-state index contributed by atoms with van der Waals surface area (Å²) < 4.78 is 0. The number of nitrogens with two attached hydrogens (primary N) is 1. The highest BCUT2D eigenvalue weighted by Gasteiger charge is 2.26. The van der Waals surface area contributed by atoms with Gasteiger partial charge >= 0.3 is 0 Å². The molecule has 1 aliphatic rings. The minimum absolute atomic E-state index is 0.0523. The number of amides is 2. The Morgan fingerprint density at radius 2 is 1.77 bits per heavy atom. The zero-order valence-electron chi connectivity index (χ0n) is 17.1. The van der Waals surface area contributed by atoms with E-state index in [0.29, 0.717) is 30.4 Å². The van der Waals surface area contributed by atoms with E-state index in [2.05, 4.69) is 12.1 Å². The molecule has 2 aromatic rings. The summed E-state index contributed by atoms with van der Waals surface area (Å²) in [6.07, 6.45) is 4.12. The molecular formula is C24H26N4O2. The van der Waals surface area contributed by atoms with Gasteiger partial charge in [0.1, 0.15) is 11.6 Å². The summed E-state index contributed by atoms with van der Waals surface area (Å²) >= 11 is 0. The maximum Gasteiger partial charge on any atom is 0.266 e. The lowest BCUT2D eigenvalue weighted by Crippen LogP contribution is -2.40. The minimum Gasteiger partial charge on any atom is -0.399 e. The van der Waals surface area contributed by atoms with E-state index in [0.717, 1.165) is 19.3 Å². The van der Waals surface area contributed by atoms with Crippen molar-refractivity contribution in [2.75, 3.05) is 23.7 Å². The van der Waals surface area contributed by atoms with Gasteiger partial charge in [-0.1, -0.05) is 30.3 Å². The van der Waals surface area contributed by atoms with Crippen LogP contribution in [0.25, 0.3) is 0 Å². The maximum atomic E-state index is 12.9. The summed E-state index contributed by atoms with van der Waals surface area (Å²) in [5.41, 5.74) is 8.08. The van der Waals surface area contributed by atoms with Crippen molar-refractivity contribution >= 4 is 23.2 Å². The van der Waals surface area contributed by atoms with Crippen LogP contribution in [0.4, 0.5) is 11.4 Å². The molecule has 1 saturated heterocycles. The maximum absolute atomic E-state index is 12.9. The van der Waals surface area contributed by atoms with Crippen LogP contribution in [0, 0.1) is 17.2 Å². The van der Waals surface area contributed by atoms with Crippen LogP contribution in [0.1, 0.15) is 25.3 Å². The first-order valence-corrected chi connectivity index (χ1v) is 10.1. The Kier molecular flexibility index (Phi) is 6.87. The summed E-state index contributed by atoms with van der Waals surface area (Å²) in [4.78, 5) is 28.0. The zero-order chi connectivity index (χ0) is 21.5. The number of anilines is 2. The van der Waals surface area contributed by atoms with Gasteiger partial charge in [-0.05, 0) is 55.0 Å². The zero-order valence-corrected chi connectivity index (χ0v) is 17.1. The van der Waals surface area contributed by atoms with E-state index in [-0.39, 0.29) is 17.4 Å². The Balaban J connectivity index is 1.67. The first-order chi connectivity index (χ1) is 14.5. The van der Waals surface area contributed by atoms with E-state index in [9.17, 15) is 14.9 Å². The molecule has 0 unspecified atom stereocenters. The van der Waals surface area contributed by atoms with E-state index >= 15 is 0 Å². The van der Waals surface area contributed by atoms with Crippen molar-refractivity contribution in [2.45, 2.75) is 26.2 Å². The molecule has 1 aliphatic heterocycles. The molecule has 1 fully saturated rings. The predicted molar refractivity (Wildman–Crippen MR) is 117 cm³/mol. The highest BCUT2D eigenvalue weighted by molar-refractivity contribution is 6.01. The fourth-order valence-corrected chi connectivity index (χ4v) is 3.70. The molecule has 6 nitrogen and oxygen atoms in total. The van der Waals surface area contributed by atoms with Crippen molar-refractivity contribution in [1.29, 1.82) is 5.26 Å². The van der Waals surface area contributed by atoms with Gasteiger partial charge in [-0.3, -0.25) is 14.5 Å². The fourth-order valence-electron chi connectivity index (χ4n) is 3.70. The Hall–Kier alpha value is -3.59. The van der Waals surface area contributed by atoms with Gasteiger partial charge in [0, 0.05) is 37.6 Å². The number of likely N-dealkylation sites (tertiary alicyclic amines) is 1. The number of nitrogen functional groups attached to an aromatic ring is 1. The topological polar surface area (TPSA) is 90.4 Å². The Morgan fingerprint density at radius 3 is 2.33 bits per heavy atom. The Bertz CT molecular complexity index is 953. The van der Waals surface area contributed by atoms with Gasteiger partial charge in [0.15, 0.2) is 0 Å². The van der Waals surface area contributed by atoms with Crippen LogP contribution in [0.3, 0.4) is 0 Å². The number of hydrogen-bond acceptors (Lipinski definition) is 4. The van der Waals surface area contributed by atoms with E-state index in [4.69, 9.17) is 5.73 Å². The van der Waals surface area contributed by atoms with Gasteiger partial charge in [0.25, 0.3) is 5.91 Å². The molecule has 6 heteroatoms. The average molecular weight is 402 g/mol. The summed E-state index contributed by atoms with van der Waals surface area (Å²) in [5.74, 6) is -0.103. The molecule has 0 atom stereocenters. The molecule has 3 rings (SSSR count). The number of carbonyl (C=O) groups is 2. The van der Waals surface area contributed by atoms with Gasteiger partial charge in [0.05, 0.1) is 0 Å². The van der Waals surface area contributed by atoms with Crippen LogP contribution in [-0.2, 0) is 16.0 Å². The lowest BCUT2D eigenvalue weighted by atomic mass is 9.90. The van der Waals surface area contributed by atoms with Gasteiger partial charge < -0.3 is 10.6 Å². The lowest BCUT2D eigenvalue weighted by Gasteiger charge is -2.32. The predicted octanol–water partition coefficient (Wildman–Crippen LogP) is 3.51. The monoisotopic (exact) mass is 402 g/mol. The van der Waals surface area contributed by atoms with Crippen LogP contribution in [0.15, 0.2) is 66.4 Å². The summed E-state index contributed by atoms with van der Waals surface area (Å²) in [5, 5.41) is 9.57. The number of rotatable bonds is 5. The van der Waals surface area contributed by atoms with Crippen molar-refractivity contribution in [3.05, 3.63) is 71.9 Å². The van der Waals surface area contributed by atoms with Gasteiger partial charge in [-0.2, -0.15) is 5.26 Å². The number of benzene rings is 2. The lowest BCUT2D eigenvalue weighted by molar-refractivity contribution is -0.128. The molecule has 2 amide bonds. The van der Waals surface area contributed by atoms with Gasteiger partial charge in [0.2, 0.25) is 5.91 Å². The van der Waals surface area contributed by atoms with Crippen molar-refractivity contribution in [3.63, 3.8) is 0 Å². The van der Waals surface area contributed by atoms with Crippen LogP contribution >= 0.6 is 0 Å². The molecule has 1 heterocycles. The van der Waals surface area contributed by atoms with Crippen LogP contribution < -0.4 is 10.6 Å². The standard InChI is InChI=1S/C24H26N4O2/c1-18(29)28(23-9-7-22(26)8-10-23)17-21(16-25)24(30)27-13-11-20(12-14-27)15-19-5-3-2-4-6-19/h2-10,17,20H,11-15,26H2,1H3/b21-17-. The summed E-state index contributed by atoms with van der Waals surface area (Å²) in [7, 11) is 0. The molecule has 0 saturated carbocycles. The number of hydrogen-bond donors (Lipinski definition) is 1. The highest BCUT2D eigenvalue weighted by Crippen LogP contribution is 2.23. The molecule has 0 aromatic heterocycles. The van der Waals surface area contributed by atoms with Crippen LogP contribution in [-0.4, -0.2) is 29.8 Å². The van der Waals surface area contributed by atoms with Crippen molar-refractivity contribution < 1.29 is 9.59 Å². The average Bonchev–Trinajstić information content (AvgIpc) is 2.76. The molecule has 2 aromatic carbocycles. The first-order valence-electron chi connectivity index (χ1n) is 10.1. The van der Waals surface area contributed by atoms with Crippen molar-refractivity contribution in [1.82, 2.24) is 4.90 Å². The van der Waals surface area contributed by atoms with Crippen molar-refractivity contribution in [3.8, 4) is 6.07 Å². The quantitative estimate of drug-likeness (QED) is 0.471. The summed E-state index contributed by atoms with van der Waals surface area (Å²) in [6, 6.07) is 19.0. The Morgan fingerprint density at radius 1 is 1.13 bits per heavy atom. The van der Waals surface area contributed by atoms with Crippen LogP contribution in [0.2, 0.25) is 0 Å². The molecule has 0 aliphatic carbocycles. The summed E-state index contributed by atoms with van der Waals surface area (Å²) in [6.45, 7) is 2.61. The van der Waals surface area contributed by atoms with Gasteiger partial charge in [-0.15, -0.1) is 0 Å². The molecule has 30 heavy (non-hydrogen) atoms. The van der Waals surface area contributed by atoms with E-state index < -0.39 is 0 Å².